The second kappa shape index (κ2) is 9.52. The van der Waals surface area contributed by atoms with Crippen molar-refractivity contribution in [3.63, 3.8) is 0 Å². The number of amides is 1. The summed E-state index contributed by atoms with van der Waals surface area (Å²) in [5.41, 5.74) is 0.256. The molecule has 0 aliphatic rings. The molecule has 0 fully saturated rings. The molecule has 3 rings (SSSR count). The fourth-order valence-corrected chi connectivity index (χ4v) is 3.02. The number of hydrogen-bond acceptors (Lipinski definition) is 4. The number of rotatable bonds is 8. The Hall–Kier alpha value is -2.93. The third-order valence-electron chi connectivity index (χ3n) is 4.23. The van der Waals surface area contributed by atoms with E-state index in [0.29, 0.717) is 31.7 Å². The second-order valence-corrected chi connectivity index (χ2v) is 6.73. The fraction of sp³-hybridized carbons (Fsp3) is 0.238. The maximum absolute atomic E-state index is 14.2. The Labute approximate surface area is 171 Å². The molecule has 0 saturated heterocycles. The molecule has 8 heteroatoms. The first-order chi connectivity index (χ1) is 14.0. The van der Waals surface area contributed by atoms with Crippen molar-refractivity contribution in [3.05, 3.63) is 70.4 Å². The minimum absolute atomic E-state index is 0.0314. The number of nitrogens with one attached hydrogen (secondary N) is 1. The summed E-state index contributed by atoms with van der Waals surface area (Å²) in [4.78, 5) is 12.6. The van der Waals surface area contributed by atoms with Gasteiger partial charge in [0.25, 0.3) is 5.91 Å². The van der Waals surface area contributed by atoms with Gasteiger partial charge >= 0.3 is 0 Å². The van der Waals surface area contributed by atoms with Crippen LogP contribution in [0.2, 0.25) is 5.02 Å². The lowest BCUT2D eigenvalue weighted by Crippen LogP contribution is -2.25. The Bertz CT molecular complexity index is 970. The topological polar surface area (TPSA) is 64.4 Å². The summed E-state index contributed by atoms with van der Waals surface area (Å²) in [5, 5.41) is 6.73. The molecule has 0 aliphatic carbocycles. The number of carbonyl (C=O) groups is 1. The minimum atomic E-state index is -0.585. The number of halogens is 3. The standard InChI is InChI=1S/C21H19ClF2N2O3/c1-13-18(20(26-29-13)19-16(22)5-4-6-17(19)24)21(27)25-11-2-3-12-28-15-9-7-14(23)8-10-15/h4-10H,2-3,11-12H2,1H3,(H,25,27). The maximum Gasteiger partial charge on any atom is 0.257 e. The van der Waals surface area contributed by atoms with Crippen molar-refractivity contribution < 1.29 is 22.8 Å². The molecule has 0 atom stereocenters. The zero-order chi connectivity index (χ0) is 20.8. The number of benzene rings is 2. The highest BCUT2D eigenvalue weighted by molar-refractivity contribution is 6.33. The third-order valence-corrected chi connectivity index (χ3v) is 4.54. The van der Waals surface area contributed by atoms with Gasteiger partial charge in [0.1, 0.15) is 34.4 Å². The van der Waals surface area contributed by atoms with E-state index in [2.05, 4.69) is 10.5 Å². The zero-order valence-corrected chi connectivity index (χ0v) is 16.4. The average Bonchev–Trinajstić information content (AvgIpc) is 3.07. The van der Waals surface area contributed by atoms with Gasteiger partial charge in [0.15, 0.2) is 0 Å². The van der Waals surface area contributed by atoms with Crippen molar-refractivity contribution in [2.75, 3.05) is 13.2 Å². The van der Waals surface area contributed by atoms with Crippen molar-refractivity contribution in [3.8, 4) is 17.0 Å². The Morgan fingerprint density at radius 2 is 1.93 bits per heavy atom. The lowest BCUT2D eigenvalue weighted by Gasteiger charge is -2.08. The van der Waals surface area contributed by atoms with Crippen LogP contribution in [0.1, 0.15) is 29.0 Å². The van der Waals surface area contributed by atoms with Crippen LogP contribution in [0, 0.1) is 18.6 Å². The van der Waals surface area contributed by atoms with E-state index >= 15 is 0 Å². The van der Waals surface area contributed by atoms with Gasteiger partial charge in [-0.05, 0) is 56.2 Å². The number of aryl methyl sites for hydroxylation is 1. The summed E-state index contributed by atoms with van der Waals surface area (Å²) in [6.07, 6.45) is 1.35. The maximum atomic E-state index is 14.2. The monoisotopic (exact) mass is 420 g/mol. The number of aromatic nitrogens is 1. The molecule has 0 spiro atoms. The predicted octanol–water partition coefficient (Wildman–Crippen LogP) is 5.17. The Morgan fingerprint density at radius 1 is 1.17 bits per heavy atom. The first-order valence-electron chi connectivity index (χ1n) is 9.04. The van der Waals surface area contributed by atoms with Gasteiger partial charge in [-0.3, -0.25) is 4.79 Å². The Balaban J connectivity index is 1.54. The summed E-state index contributed by atoms with van der Waals surface area (Å²) in [7, 11) is 0. The summed E-state index contributed by atoms with van der Waals surface area (Å²) >= 11 is 6.08. The first-order valence-corrected chi connectivity index (χ1v) is 9.42. The molecule has 1 N–H and O–H groups in total. The van der Waals surface area contributed by atoms with Gasteiger partial charge < -0.3 is 14.6 Å². The fourth-order valence-electron chi connectivity index (χ4n) is 2.77. The molecule has 1 aromatic heterocycles. The van der Waals surface area contributed by atoms with Crippen LogP contribution in [0.3, 0.4) is 0 Å². The number of hydrogen-bond donors (Lipinski definition) is 1. The highest BCUT2D eigenvalue weighted by Gasteiger charge is 2.25. The number of unbranched alkanes of at least 4 members (excludes halogenated alkanes) is 1. The lowest BCUT2D eigenvalue weighted by molar-refractivity contribution is 0.0951. The molecule has 0 saturated carbocycles. The van der Waals surface area contributed by atoms with Gasteiger partial charge in [0.2, 0.25) is 0 Å². The summed E-state index contributed by atoms with van der Waals surface area (Å²) in [6.45, 7) is 2.40. The smallest absolute Gasteiger partial charge is 0.257 e. The number of nitrogens with zero attached hydrogens (tertiary/aromatic N) is 1. The highest BCUT2D eigenvalue weighted by Crippen LogP contribution is 2.33. The largest absolute Gasteiger partial charge is 0.494 e. The molecule has 152 valence electrons. The first kappa shape index (κ1) is 20.8. The SMILES string of the molecule is Cc1onc(-c2c(F)cccc2Cl)c1C(=O)NCCCCOc1ccc(F)cc1. The van der Waals surface area contributed by atoms with Crippen molar-refractivity contribution in [1.29, 1.82) is 0 Å². The van der Waals surface area contributed by atoms with Crippen LogP contribution in [0.15, 0.2) is 47.0 Å². The molecule has 1 heterocycles. The van der Waals surface area contributed by atoms with E-state index in [1.807, 2.05) is 0 Å². The zero-order valence-electron chi connectivity index (χ0n) is 15.7. The van der Waals surface area contributed by atoms with Crippen LogP contribution in [0.25, 0.3) is 11.3 Å². The van der Waals surface area contributed by atoms with E-state index in [9.17, 15) is 13.6 Å². The van der Waals surface area contributed by atoms with Crippen molar-refractivity contribution in [1.82, 2.24) is 10.5 Å². The average molecular weight is 421 g/mol. The molecule has 1 amide bonds. The van der Waals surface area contributed by atoms with Gasteiger partial charge in [-0.1, -0.05) is 22.8 Å². The van der Waals surface area contributed by atoms with Gasteiger partial charge in [0, 0.05) is 6.54 Å². The van der Waals surface area contributed by atoms with Crippen molar-refractivity contribution in [2.24, 2.45) is 0 Å². The number of ether oxygens (including phenoxy) is 1. The van der Waals surface area contributed by atoms with Crippen molar-refractivity contribution >= 4 is 17.5 Å². The summed E-state index contributed by atoms with van der Waals surface area (Å²) in [6, 6.07) is 10.0. The highest BCUT2D eigenvalue weighted by atomic mass is 35.5. The van der Waals surface area contributed by atoms with E-state index in [0.717, 1.165) is 0 Å². The van der Waals surface area contributed by atoms with Gasteiger partial charge in [0.05, 0.1) is 17.2 Å². The van der Waals surface area contributed by atoms with E-state index in [-0.39, 0.29) is 33.4 Å². The van der Waals surface area contributed by atoms with Crippen LogP contribution in [-0.2, 0) is 0 Å². The van der Waals surface area contributed by atoms with E-state index < -0.39 is 11.7 Å². The van der Waals surface area contributed by atoms with E-state index in [4.69, 9.17) is 20.9 Å². The summed E-state index contributed by atoms with van der Waals surface area (Å²) < 4.78 is 37.7. The second-order valence-electron chi connectivity index (χ2n) is 6.32. The molecule has 2 aromatic carbocycles. The normalized spacial score (nSPS) is 10.8. The molecule has 0 radical (unpaired) electrons. The minimum Gasteiger partial charge on any atom is -0.494 e. The third kappa shape index (κ3) is 5.12. The lowest BCUT2D eigenvalue weighted by atomic mass is 10.0. The molecule has 0 bridgehead atoms. The molecule has 3 aromatic rings. The van der Waals surface area contributed by atoms with Crippen LogP contribution in [0.5, 0.6) is 5.75 Å². The van der Waals surface area contributed by atoms with Crippen LogP contribution in [-0.4, -0.2) is 24.2 Å². The van der Waals surface area contributed by atoms with E-state index in [1.165, 1.54) is 30.3 Å². The quantitative estimate of drug-likeness (QED) is 0.510. The van der Waals surface area contributed by atoms with E-state index in [1.54, 1.807) is 19.1 Å². The summed E-state index contributed by atoms with van der Waals surface area (Å²) in [5.74, 6) is -0.464. The molecular weight excluding hydrogens is 402 g/mol. The molecule has 0 unspecified atom stereocenters. The Kier molecular flexibility index (Phi) is 6.82. The molecular formula is C21H19ClF2N2O3. The Morgan fingerprint density at radius 3 is 2.66 bits per heavy atom. The molecule has 29 heavy (non-hydrogen) atoms. The molecule has 5 nitrogen and oxygen atoms in total. The van der Waals surface area contributed by atoms with Crippen LogP contribution in [0.4, 0.5) is 8.78 Å². The predicted molar refractivity (Wildman–Crippen MR) is 105 cm³/mol. The number of carbonyl (C=O) groups excluding carboxylic acids is 1. The van der Waals surface area contributed by atoms with Gasteiger partial charge in [-0.15, -0.1) is 0 Å². The van der Waals surface area contributed by atoms with Crippen LogP contribution >= 0.6 is 11.6 Å². The van der Waals surface area contributed by atoms with Gasteiger partial charge in [-0.2, -0.15) is 0 Å². The van der Waals surface area contributed by atoms with Crippen LogP contribution < -0.4 is 10.1 Å². The van der Waals surface area contributed by atoms with Gasteiger partial charge in [-0.25, -0.2) is 8.78 Å². The van der Waals surface area contributed by atoms with Crippen molar-refractivity contribution in [2.45, 2.75) is 19.8 Å². The molecule has 0 aliphatic heterocycles.